The molecule has 0 saturated heterocycles. The molecule has 0 saturated carbocycles. The van der Waals surface area contributed by atoms with Gasteiger partial charge in [-0.3, -0.25) is 0 Å². The Hall–Kier alpha value is -1.58. The van der Waals surface area contributed by atoms with Crippen molar-refractivity contribution < 1.29 is 17.3 Å². The van der Waals surface area contributed by atoms with Crippen molar-refractivity contribution >= 4 is 26.5 Å². The predicted molar refractivity (Wildman–Crippen MR) is 143 cm³/mol. The van der Waals surface area contributed by atoms with Gasteiger partial charge in [-0.05, 0) is 85.5 Å². The number of hydrogen-bond donors (Lipinski definition) is 0. The van der Waals surface area contributed by atoms with E-state index in [1.807, 2.05) is 38.1 Å². The maximum atomic E-state index is 14.1. The van der Waals surface area contributed by atoms with Gasteiger partial charge >= 0.3 is 0 Å². The van der Waals surface area contributed by atoms with Crippen molar-refractivity contribution in [1.82, 2.24) is 0 Å². The van der Waals surface area contributed by atoms with E-state index < -0.39 is 26.5 Å². The molecule has 0 bridgehead atoms. The quantitative estimate of drug-likeness (QED) is 0.274. The monoisotopic (exact) mass is 506 g/mol. The Morgan fingerprint density at radius 1 is 0.606 bits per heavy atom. The third kappa shape index (κ3) is 5.92. The van der Waals surface area contributed by atoms with Gasteiger partial charge in [-0.2, -0.15) is 0 Å². The van der Waals surface area contributed by atoms with E-state index >= 15 is 0 Å². The van der Waals surface area contributed by atoms with Crippen molar-refractivity contribution in [3.8, 4) is 11.5 Å². The van der Waals surface area contributed by atoms with E-state index in [-0.39, 0.29) is 9.79 Å². The van der Waals surface area contributed by atoms with E-state index in [0.29, 0.717) is 11.5 Å². The first kappa shape index (κ1) is 27.7. The van der Waals surface area contributed by atoms with Crippen LogP contribution in [0.15, 0.2) is 46.2 Å². The molecule has 0 fully saturated rings. The van der Waals surface area contributed by atoms with Crippen LogP contribution in [0.5, 0.6) is 11.5 Å². The molecule has 0 N–H and O–H groups in total. The van der Waals surface area contributed by atoms with Gasteiger partial charge in [0.1, 0.15) is 21.3 Å². The molecule has 2 aromatic rings. The third-order valence-corrected chi connectivity index (χ3v) is 18.2. The molecule has 0 aromatic heterocycles. The Morgan fingerprint density at radius 3 is 1.18 bits per heavy atom. The van der Waals surface area contributed by atoms with Crippen molar-refractivity contribution in [2.75, 3.05) is 0 Å². The Bertz CT molecular complexity index is 948. The molecule has 2 aromatic carbocycles. The second kappa shape index (κ2) is 11.2. The van der Waals surface area contributed by atoms with Crippen molar-refractivity contribution in [1.29, 1.82) is 0 Å². The number of hydrogen-bond acceptors (Lipinski definition) is 4. The molecule has 2 rings (SSSR count). The van der Waals surface area contributed by atoms with E-state index in [2.05, 4.69) is 41.5 Å². The van der Waals surface area contributed by atoms with Crippen LogP contribution in [-0.4, -0.2) is 25.1 Å². The van der Waals surface area contributed by atoms with Crippen LogP contribution in [0, 0.1) is 13.8 Å². The molecule has 0 aliphatic carbocycles. The minimum absolute atomic E-state index is 0.241. The fraction of sp³-hybridized carbons (Fsp3) is 0.538. The fourth-order valence-corrected chi connectivity index (χ4v) is 11.1. The second-order valence-electron chi connectivity index (χ2n) is 9.10. The lowest BCUT2D eigenvalue weighted by Crippen LogP contribution is -2.40. The van der Waals surface area contributed by atoms with Crippen LogP contribution >= 0.6 is 0 Å². The number of rotatable bonds is 12. The topological polar surface area (TPSA) is 52.6 Å². The van der Waals surface area contributed by atoms with Gasteiger partial charge in [0, 0.05) is 0 Å². The first-order chi connectivity index (χ1) is 15.6. The molecule has 0 heterocycles. The van der Waals surface area contributed by atoms with Crippen LogP contribution < -0.4 is 8.85 Å². The summed E-state index contributed by atoms with van der Waals surface area (Å²) in [6.45, 7) is 16.9. The minimum atomic E-state index is -3.83. The zero-order chi connectivity index (χ0) is 24.9. The van der Waals surface area contributed by atoms with Gasteiger partial charge in [-0.1, -0.05) is 53.7 Å². The molecule has 7 heteroatoms. The lowest BCUT2D eigenvalue weighted by Gasteiger charge is -2.31. The highest BCUT2D eigenvalue weighted by Crippen LogP contribution is 2.39. The molecular weight excluding hydrogens is 465 g/mol. The maximum absolute atomic E-state index is 14.1. The standard InChI is InChI=1S/C26H42O4SSi2/c1-9-32(10-2,11-3)29-23-19-21(7)15-17-25(23)31(27,28)26-18-16-22(8)20-24(26)30-33(12-4,13-5)14-6/h15-20H,9-14H2,1-8H3. The minimum Gasteiger partial charge on any atom is -0.543 e. The molecule has 184 valence electrons. The summed E-state index contributed by atoms with van der Waals surface area (Å²) in [6, 6.07) is 16.6. The largest absolute Gasteiger partial charge is 0.543 e. The highest BCUT2D eigenvalue weighted by Gasteiger charge is 2.36. The molecule has 4 nitrogen and oxygen atoms in total. The van der Waals surface area contributed by atoms with Crippen molar-refractivity contribution in [3.63, 3.8) is 0 Å². The van der Waals surface area contributed by atoms with Crippen LogP contribution in [0.25, 0.3) is 0 Å². The van der Waals surface area contributed by atoms with Crippen molar-refractivity contribution in [2.45, 2.75) is 101 Å². The molecule has 0 aliphatic heterocycles. The van der Waals surface area contributed by atoms with Gasteiger partial charge in [0.15, 0.2) is 0 Å². The normalized spacial score (nSPS) is 12.6. The van der Waals surface area contributed by atoms with E-state index in [9.17, 15) is 8.42 Å². The predicted octanol–water partition coefficient (Wildman–Crippen LogP) is 7.90. The summed E-state index contributed by atoms with van der Waals surface area (Å²) in [5.41, 5.74) is 1.98. The maximum Gasteiger partial charge on any atom is 0.250 e. The number of sulfone groups is 1. The first-order valence-corrected chi connectivity index (χ1v) is 18.9. The molecule has 33 heavy (non-hydrogen) atoms. The summed E-state index contributed by atoms with van der Waals surface area (Å²) >= 11 is 0. The van der Waals surface area contributed by atoms with Crippen LogP contribution in [0.4, 0.5) is 0 Å². The smallest absolute Gasteiger partial charge is 0.250 e. The zero-order valence-electron chi connectivity index (χ0n) is 21.7. The van der Waals surface area contributed by atoms with Gasteiger partial charge in [-0.15, -0.1) is 0 Å². The summed E-state index contributed by atoms with van der Waals surface area (Å²) in [5.74, 6) is 0.979. The van der Waals surface area contributed by atoms with E-state index in [1.165, 1.54) is 0 Å². The van der Waals surface area contributed by atoms with Gasteiger partial charge < -0.3 is 8.85 Å². The fourth-order valence-electron chi connectivity index (χ4n) is 4.35. The second-order valence-corrected chi connectivity index (χ2v) is 20.4. The van der Waals surface area contributed by atoms with E-state index in [4.69, 9.17) is 8.85 Å². The molecule has 0 spiro atoms. The molecule has 0 aliphatic rings. The molecule has 0 radical (unpaired) electrons. The lowest BCUT2D eigenvalue weighted by molar-refractivity contribution is 0.506. The average Bonchev–Trinajstić information content (AvgIpc) is 2.81. The van der Waals surface area contributed by atoms with Gasteiger partial charge in [-0.25, -0.2) is 8.42 Å². The Kier molecular flexibility index (Phi) is 9.42. The Morgan fingerprint density at radius 2 is 0.909 bits per heavy atom. The number of aryl methyl sites for hydroxylation is 2. The van der Waals surface area contributed by atoms with Gasteiger partial charge in [0.25, 0.3) is 16.6 Å². The molecular formula is C26H42O4SSi2. The SMILES string of the molecule is CC[Si](CC)(CC)Oc1cc(C)ccc1S(=O)(=O)c1ccc(C)cc1O[Si](CC)(CC)CC. The average molecular weight is 507 g/mol. The van der Waals surface area contributed by atoms with E-state index in [0.717, 1.165) is 47.4 Å². The molecule has 0 atom stereocenters. The van der Waals surface area contributed by atoms with E-state index in [1.54, 1.807) is 12.1 Å². The zero-order valence-corrected chi connectivity index (χ0v) is 24.6. The van der Waals surface area contributed by atoms with Gasteiger partial charge in [0.2, 0.25) is 9.84 Å². The third-order valence-electron chi connectivity index (χ3n) is 7.30. The summed E-state index contributed by atoms with van der Waals surface area (Å²) < 4.78 is 41.4. The molecule has 0 unspecified atom stereocenters. The van der Waals surface area contributed by atoms with Crippen molar-refractivity contribution in [2.24, 2.45) is 0 Å². The van der Waals surface area contributed by atoms with Crippen LogP contribution in [-0.2, 0) is 9.84 Å². The summed E-state index contributed by atoms with van der Waals surface area (Å²) in [6.07, 6.45) is 0. The summed E-state index contributed by atoms with van der Waals surface area (Å²) in [4.78, 5) is 0.483. The van der Waals surface area contributed by atoms with Crippen LogP contribution in [0.1, 0.15) is 52.7 Å². The summed E-state index contributed by atoms with van der Waals surface area (Å²) in [5, 5.41) is 0. The van der Waals surface area contributed by atoms with Crippen molar-refractivity contribution in [3.05, 3.63) is 47.5 Å². The summed E-state index contributed by atoms with van der Waals surface area (Å²) in [7, 11) is -7.95. The highest BCUT2D eigenvalue weighted by molar-refractivity contribution is 7.91. The molecule has 0 amide bonds. The Labute approximate surface area is 203 Å². The Balaban J connectivity index is 2.69. The number of benzene rings is 2. The first-order valence-electron chi connectivity index (χ1n) is 12.4. The lowest BCUT2D eigenvalue weighted by atomic mass is 10.2. The van der Waals surface area contributed by atoms with Gasteiger partial charge in [0.05, 0.1) is 0 Å². The van der Waals surface area contributed by atoms with Crippen LogP contribution in [0.2, 0.25) is 36.3 Å². The highest BCUT2D eigenvalue weighted by atomic mass is 32.2. The van der Waals surface area contributed by atoms with Crippen LogP contribution in [0.3, 0.4) is 0 Å².